The number of unbranched alkanes of at least 4 members (excludes halogenated alkanes) is 11. The van der Waals surface area contributed by atoms with Crippen molar-refractivity contribution in [3.8, 4) is 22.9 Å². The first-order valence-corrected chi connectivity index (χ1v) is 13.5. The van der Waals surface area contributed by atoms with Gasteiger partial charge in [-0.3, -0.25) is 9.59 Å². The van der Waals surface area contributed by atoms with E-state index in [2.05, 4.69) is 23.8 Å². The Hall–Kier alpha value is -2.76. The summed E-state index contributed by atoms with van der Waals surface area (Å²) in [4.78, 5) is 32.6. The third kappa shape index (κ3) is 12.5. The fourth-order valence-corrected chi connectivity index (χ4v) is 3.83. The summed E-state index contributed by atoms with van der Waals surface area (Å²) in [7, 11) is 0. The quantitative estimate of drug-likeness (QED) is 0.122. The van der Waals surface area contributed by atoms with Crippen LogP contribution >= 0.6 is 0 Å². The van der Waals surface area contributed by atoms with E-state index in [1.54, 1.807) is 12.1 Å². The zero-order chi connectivity index (χ0) is 25.1. The predicted molar refractivity (Wildman–Crippen MR) is 139 cm³/mol. The highest BCUT2D eigenvalue weighted by Crippen LogP contribution is 2.21. The molecule has 1 aromatic heterocycles. The van der Waals surface area contributed by atoms with Crippen molar-refractivity contribution >= 4 is 11.9 Å². The Labute approximate surface area is 210 Å². The van der Waals surface area contributed by atoms with Gasteiger partial charge in [0.25, 0.3) is 0 Å². The average Bonchev–Trinajstić information content (AvgIpc) is 2.87. The van der Waals surface area contributed by atoms with Crippen molar-refractivity contribution in [2.75, 3.05) is 0 Å². The third-order valence-corrected chi connectivity index (χ3v) is 5.92. The highest BCUT2D eigenvalue weighted by atomic mass is 16.5. The molecule has 0 N–H and O–H groups in total. The Morgan fingerprint density at radius 2 is 1.03 bits per heavy atom. The van der Waals surface area contributed by atoms with E-state index in [9.17, 15) is 9.59 Å². The number of ether oxygens (including phenoxy) is 2. The van der Waals surface area contributed by atoms with E-state index in [4.69, 9.17) is 9.47 Å². The zero-order valence-corrected chi connectivity index (χ0v) is 21.6. The van der Waals surface area contributed by atoms with Gasteiger partial charge >= 0.3 is 11.9 Å². The summed E-state index contributed by atoms with van der Waals surface area (Å²) >= 11 is 0. The van der Waals surface area contributed by atoms with Crippen LogP contribution < -0.4 is 9.47 Å². The molecule has 0 saturated carbocycles. The number of hydrogen-bond acceptors (Lipinski definition) is 6. The molecule has 1 aromatic carbocycles. The van der Waals surface area contributed by atoms with E-state index in [0.29, 0.717) is 30.2 Å². The molecule has 0 aliphatic carbocycles. The maximum absolute atomic E-state index is 12.1. The summed E-state index contributed by atoms with van der Waals surface area (Å²) in [5.41, 5.74) is 0.792. The van der Waals surface area contributed by atoms with E-state index in [1.807, 2.05) is 12.1 Å². The number of carbonyl (C=O) groups excluding carboxylic acids is 2. The number of hydrogen-bond donors (Lipinski definition) is 0. The molecule has 0 bridgehead atoms. The van der Waals surface area contributed by atoms with Crippen molar-refractivity contribution in [1.29, 1.82) is 0 Å². The Morgan fingerprint density at radius 3 is 1.54 bits per heavy atom. The minimum absolute atomic E-state index is 0.210. The molecule has 0 unspecified atom stereocenters. The molecule has 0 aliphatic rings. The lowest BCUT2D eigenvalue weighted by Crippen LogP contribution is -2.08. The van der Waals surface area contributed by atoms with Crippen molar-refractivity contribution in [2.45, 2.75) is 110 Å². The maximum Gasteiger partial charge on any atom is 0.311 e. The minimum Gasteiger partial charge on any atom is -0.427 e. The van der Waals surface area contributed by atoms with E-state index in [0.717, 1.165) is 44.1 Å². The number of rotatable bonds is 18. The number of benzene rings is 1. The van der Waals surface area contributed by atoms with Gasteiger partial charge in [0.2, 0.25) is 0 Å². The van der Waals surface area contributed by atoms with Gasteiger partial charge in [-0.05, 0) is 37.1 Å². The molecule has 0 atom stereocenters. The average molecular weight is 483 g/mol. The van der Waals surface area contributed by atoms with Crippen molar-refractivity contribution < 1.29 is 19.1 Å². The third-order valence-electron chi connectivity index (χ3n) is 5.92. The fraction of sp³-hybridized carbons (Fsp3) is 0.586. The Balaban J connectivity index is 1.67. The molecule has 0 amide bonds. The van der Waals surface area contributed by atoms with Crippen LogP contribution in [0.15, 0.2) is 36.7 Å². The van der Waals surface area contributed by atoms with Crippen LogP contribution in [0.5, 0.6) is 11.5 Å². The second kappa shape index (κ2) is 17.6. The second-order valence-corrected chi connectivity index (χ2v) is 9.10. The smallest absolute Gasteiger partial charge is 0.311 e. The summed E-state index contributed by atoms with van der Waals surface area (Å²) in [6.07, 6.45) is 19.0. The first-order chi connectivity index (χ1) is 17.1. The standard InChI is InChI=1S/C29H42N2O4/c1-3-5-7-9-10-11-12-13-15-17-28(33)35-26-22-30-29(31-23-26)24-18-20-25(21-19-24)34-27(32)16-14-8-6-4-2/h18-23H,3-17H2,1-2H3. The Morgan fingerprint density at radius 1 is 0.600 bits per heavy atom. The number of aromatic nitrogens is 2. The summed E-state index contributed by atoms with van der Waals surface area (Å²) in [5, 5.41) is 0. The molecule has 1 heterocycles. The predicted octanol–water partition coefficient (Wildman–Crippen LogP) is 7.85. The number of esters is 2. The molecule has 2 rings (SSSR count). The molecule has 35 heavy (non-hydrogen) atoms. The lowest BCUT2D eigenvalue weighted by Gasteiger charge is -2.07. The van der Waals surface area contributed by atoms with Gasteiger partial charge in [-0.15, -0.1) is 0 Å². The largest absolute Gasteiger partial charge is 0.427 e. The van der Waals surface area contributed by atoms with E-state index in [-0.39, 0.29) is 11.9 Å². The molecule has 0 fully saturated rings. The van der Waals surface area contributed by atoms with Gasteiger partial charge in [-0.25, -0.2) is 9.97 Å². The van der Waals surface area contributed by atoms with Crippen LogP contribution in [0.4, 0.5) is 0 Å². The zero-order valence-electron chi connectivity index (χ0n) is 21.6. The van der Waals surface area contributed by atoms with Crippen molar-refractivity contribution in [3.63, 3.8) is 0 Å². The Kier molecular flexibility index (Phi) is 14.4. The van der Waals surface area contributed by atoms with Crippen molar-refractivity contribution in [2.24, 2.45) is 0 Å². The summed E-state index contributed by atoms with van der Waals surface area (Å²) < 4.78 is 10.8. The van der Waals surface area contributed by atoms with Crippen LogP contribution in [-0.4, -0.2) is 21.9 Å². The molecule has 2 aromatic rings. The highest BCUT2D eigenvalue weighted by molar-refractivity contribution is 5.73. The molecule has 0 saturated heterocycles. The number of carbonyl (C=O) groups is 2. The van der Waals surface area contributed by atoms with Crippen LogP contribution in [0.2, 0.25) is 0 Å². The summed E-state index contributed by atoms with van der Waals surface area (Å²) in [6.45, 7) is 4.37. The highest BCUT2D eigenvalue weighted by Gasteiger charge is 2.09. The van der Waals surface area contributed by atoms with Crippen LogP contribution in [0.1, 0.15) is 110 Å². The molecular weight excluding hydrogens is 440 g/mol. The van der Waals surface area contributed by atoms with Gasteiger partial charge in [0.05, 0.1) is 12.4 Å². The molecule has 0 spiro atoms. The molecule has 0 aliphatic heterocycles. The van der Waals surface area contributed by atoms with Gasteiger partial charge in [-0.2, -0.15) is 0 Å². The first kappa shape index (κ1) is 28.5. The molecule has 192 valence electrons. The van der Waals surface area contributed by atoms with Crippen molar-refractivity contribution in [1.82, 2.24) is 9.97 Å². The summed E-state index contributed by atoms with van der Waals surface area (Å²) in [6, 6.07) is 7.10. The summed E-state index contributed by atoms with van der Waals surface area (Å²) in [5.74, 6) is 0.921. The fourth-order valence-electron chi connectivity index (χ4n) is 3.83. The SMILES string of the molecule is CCCCCCCCCCCC(=O)Oc1cnc(-c2ccc(OC(=O)CCCCCC)cc2)nc1. The van der Waals surface area contributed by atoms with E-state index >= 15 is 0 Å². The first-order valence-electron chi connectivity index (χ1n) is 13.5. The van der Waals surface area contributed by atoms with E-state index < -0.39 is 0 Å². The van der Waals surface area contributed by atoms with Crippen molar-refractivity contribution in [3.05, 3.63) is 36.7 Å². The molecule has 6 nitrogen and oxygen atoms in total. The molecule has 0 radical (unpaired) electrons. The topological polar surface area (TPSA) is 78.4 Å². The van der Waals surface area contributed by atoms with Crippen LogP contribution in [0, 0.1) is 0 Å². The second-order valence-electron chi connectivity index (χ2n) is 9.10. The van der Waals surface area contributed by atoms with Crippen LogP contribution in [0.3, 0.4) is 0 Å². The monoisotopic (exact) mass is 482 g/mol. The van der Waals surface area contributed by atoms with Gasteiger partial charge in [0.1, 0.15) is 5.75 Å². The minimum atomic E-state index is -0.245. The van der Waals surface area contributed by atoms with Gasteiger partial charge in [0, 0.05) is 18.4 Å². The van der Waals surface area contributed by atoms with Crippen LogP contribution in [-0.2, 0) is 9.59 Å². The van der Waals surface area contributed by atoms with Gasteiger partial charge in [-0.1, -0.05) is 84.5 Å². The lowest BCUT2D eigenvalue weighted by molar-refractivity contribution is -0.135. The van der Waals surface area contributed by atoms with Gasteiger partial charge in [0.15, 0.2) is 11.6 Å². The number of nitrogens with zero attached hydrogens (tertiary/aromatic N) is 2. The molecular formula is C29H42N2O4. The molecule has 6 heteroatoms. The normalized spacial score (nSPS) is 10.8. The van der Waals surface area contributed by atoms with Crippen LogP contribution in [0.25, 0.3) is 11.4 Å². The lowest BCUT2D eigenvalue weighted by atomic mass is 10.1. The van der Waals surface area contributed by atoms with E-state index in [1.165, 1.54) is 57.3 Å². The van der Waals surface area contributed by atoms with Gasteiger partial charge < -0.3 is 9.47 Å². The Bertz CT molecular complexity index is 850. The maximum atomic E-state index is 12.1.